The Hall–Kier alpha value is -1.59. The molecule has 0 aliphatic heterocycles. The summed E-state index contributed by atoms with van der Waals surface area (Å²) in [5.41, 5.74) is 0. The zero-order valence-electron chi connectivity index (χ0n) is 12.6. The SMILES string of the molecule is CCCNCc1cnc(CCOc2ccccc2OC)s1. The second kappa shape index (κ2) is 8.64. The highest BCUT2D eigenvalue weighted by molar-refractivity contribution is 7.11. The van der Waals surface area contributed by atoms with Gasteiger partial charge in [-0.1, -0.05) is 19.1 Å². The maximum atomic E-state index is 5.77. The van der Waals surface area contributed by atoms with Crippen LogP contribution in [0.15, 0.2) is 30.5 Å². The first kappa shape index (κ1) is 15.8. The van der Waals surface area contributed by atoms with Crippen LogP contribution in [0.5, 0.6) is 11.5 Å². The molecule has 0 spiro atoms. The largest absolute Gasteiger partial charge is 0.493 e. The zero-order valence-corrected chi connectivity index (χ0v) is 13.4. The lowest BCUT2D eigenvalue weighted by atomic mass is 10.3. The lowest BCUT2D eigenvalue weighted by Gasteiger charge is -2.09. The predicted octanol–water partition coefficient (Wildman–Crippen LogP) is 3.27. The van der Waals surface area contributed by atoms with E-state index >= 15 is 0 Å². The molecule has 2 rings (SSSR count). The quantitative estimate of drug-likeness (QED) is 0.722. The van der Waals surface area contributed by atoms with Crippen molar-refractivity contribution < 1.29 is 9.47 Å². The minimum absolute atomic E-state index is 0.607. The van der Waals surface area contributed by atoms with E-state index in [0.717, 1.165) is 42.4 Å². The van der Waals surface area contributed by atoms with Crippen LogP contribution in [0.2, 0.25) is 0 Å². The van der Waals surface area contributed by atoms with Gasteiger partial charge in [-0.25, -0.2) is 4.98 Å². The molecule has 21 heavy (non-hydrogen) atoms. The molecular formula is C16H22N2O2S. The fourth-order valence-electron chi connectivity index (χ4n) is 1.92. The number of hydrogen-bond acceptors (Lipinski definition) is 5. The molecule has 0 saturated carbocycles. The second-order valence-electron chi connectivity index (χ2n) is 4.65. The lowest BCUT2D eigenvalue weighted by Crippen LogP contribution is -2.12. The summed E-state index contributed by atoms with van der Waals surface area (Å²) in [6.07, 6.45) is 3.92. The van der Waals surface area contributed by atoms with Crippen molar-refractivity contribution in [3.63, 3.8) is 0 Å². The van der Waals surface area contributed by atoms with Crippen LogP contribution in [-0.2, 0) is 13.0 Å². The van der Waals surface area contributed by atoms with Crippen LogP contribution in [0.1, 0.15) is 23.2 Å². The molecule has 0 aliphatic carbocycles. The van der Waals surface area contributed by atoms with Gasteiger partial charge in [-0.3, -0.25) is 0 Å². The van der Waals surface area contributed by atoms with Crippen molar-refractivity contribution in [1.82, 2.24) is 10.3 Å². The second-order valence-corrected chi connectivity index (χ2v) is 5.85. The highest BCUT2D eigenvalue weighted by Crippen LogP contribution is 2.26. The highest BCUT2D eigenvalue weighted by atomic mass is 32.1. The Balaban J connectivity index is 1.78. The van der Waals surface area contributed by atoms with Crippen LogP contribution in [0.3, 0.4) is 0 Å². The molecule has 1 N–H and O–H groups in total. The van der Waals surface area contributed by atoms with Crippen LogP contribution in [0, 0.1) is 0 Å². The van der Waals surface area contributed by atoms with Crippen molar-refractivity contribution in [2.75, 3.05) is 20.3 Å². The van der Waals surface area contributed by atoms with E-state index in [0.29, 0.717) is 6.61 Å². The number of hydrogen-bond donors (Lipinski definition) is 1. The topological polar surface area (TPSA) is 43.4 Å². The van der Waals surface area contributed by atoms with E-state index in [1.807, 2.05) is 30.5 Å². The van der Waals surface area contributed by atoms with E-state index in [1.165, 1.54) is 4.88 Å². The lowest BCUT2D eigenvalue weighted by molar-refractivity contribution is 0.297. The number of nitrogens with zero attached hydrogens (tertiary/aromatic N) is 1. The third-order valence-electron chi connectivity index (χ3n) is 2.97. The number of rotatable bonds is 9. The predicted molar refractivity (Wildman–Crippen MR) is 86.3 cm³/mol. The van der Waals surface area contributed by atoms with Crippen molar-refractivity contribution in [3.8, 4) is 11.5 Å². The van der Waals surface area contributed by atoms with Crippen LogP contribution in [-0.4, -0.2) is 25.2 Å². The van der Waals surface area contributed by atoms with E-state index in [1.54, 1.807) is 18.4 Å². The van der Waals surface area contributed by atoms with Gasteiger partial charge in [0.2, 0.25) is 0 Å². The van der Waals surface area contributed by atoms with Gasteiger partial charge < -0.3 is 14.8 Å². The number of ether oxygens (including phenoxy) is 2. The Morgan fingerprint density at radius 3 is 2.81 bits per heavy atom. The van der Waals surface area contributed by atoms with Gasteiger partial charge in [0.05, 0.1) is 18.7 Å². The maximum absolute atomic E-state index is 5.77. The molecule has 4 nitrogen and oxygen atoms in total. The smallest absolute Gasteiger partial charge is 0.161 e. The normalized spacial score (nSPS) is 10.6. The highest BCUT2D eigenvalue weighted by Gasteiger charge is 2.05. The van der Waals surface area contributed by atoms with Crippen molar-refractivity contribution >= 4 is 11.3 Å². The fourth-order valence-corrected chi connectivity index (χ4v) is 2.79. The number of benzene rings is 1. The summed E-state index contributed by atoms with van der Waals surface area (Å²) in [4.78, 5) is 5.71. The molecule has 2 aromatic rings. The van der Waals surface area contributed by atoms with E-state index in [-0.39, 0.29) is 0 Å². The first-order valence-corrected chi connectivity index (χ1v) is 8.05. The minimum Gasteiger partial charge on any atom is -0.493 e. The molecule has 0 saturated heterocycles. The van der Waals surface area contributed by atoms with Gasteiger partial charge in [0.1, 0.15) is 0 Å². The Morgan fingerprint density at radius 2 is 2.05 bits per heavy atom. The molecule has 114 valence electrons. The summed E-state index contributed by atoms with van der Waals surface area (Å²) < 4.78 is 11.0. The van der Waals surface area contributed by atoms with Gasteiger partial charge in [0, 0.05) is 24.0 Å². The Bertz CT molecular complexity index is 543. The van der Waals surface area contributed by atoms with E-state index in [4.69, 9.17) is 9.47 Å². The maximum Gasteiger partial charge on any atom is 0.161 e. The molecule has 1 aromatic carbocycles. The summed E-state index contributed by atoms with van der Waals surface area (Å²) in [6, 6.07) is 7.69. The van der Waals surface area contributed by atoms with Crippen LogP contribution >= 0.6 is 11.3 Å². The molecule has 0 amide bonds. The summed E-state index contributed by atoms with van der Waals surface area (Å²) in [6.45, 7) is 4.72. The molecule has 0 unspecified atom stereocenters. The average Bonchev–Trinajstić information content (AvgIpc) is 2.96. The van der Waals surface area contributed by atoms with E-state index in [2.05, 4.69) is 17.2 Å². The number of para-hydroxylation sites is 2. The molecule has 0 aliphatic rings. The monoisotopic (exact) mass is 306 g/mol. The average molecular weight is 306 g/mol. The first-order chi connectivity index (χ1) is 10.3. The number of methoxy groups -OCH3 is 1. The van der Waals surface area contributed by atoms with Crippen molar-refractivity contribution in [3.05, 3.63) is 40.3 Å². The summed E-state index contributed by atoms with van der Waals surface area (Å²) in [7, 11) is 1.65. The van der Waals surface area contributed by atoms with Crippen molar-refractivity contribution in [2.24, 2.45) is 0 Å². The fraction of sp³-hybridized carbons (Fsp3) is 0.438. The van der Waals surface area contributed by atoms with E-state index < -0.39 is 0 Å². The van der Waals surface area contributed by atoms with Gasteiger partial charge in [-0.2, -0.15) is 0 Å². The van der Waals surface area contributed by atoms with Gasteiger partial charge in [0.15, 0.2) is 11.5 Å². The van der Waals surface area contributed by atoms with Crippen LogP contribution in [0.4, 0.5) is 0 Å². The number of aromatic nitrogens is 1. The standard InChI is InChI=1S/C16H22N2O2S/c1-3-9-17-11-13-12-18-16(21-13)8-10-20-15-7-5-4-6-14(15)19-2/h4-7,12,17H,3,8-11H2,1-2H3. The summed E-state index contributed by atoms with van der Waals surface area (Å²) in [5, 5.41) is 4.49. The van der Waals surface area contributed by atoms with E-state index in [9.17, 15) is 0 Å². The molecular weight excluding hydrogens is 284 g/mol. The number of nitrogens with one attached hydrogen (secondary N) is 1. The zero-order chi connectivity index (χ0) is 14.9. The Morgan fingerprint density at radius 1 is 1.24 bits per heavy atom. The molecule has 1 heterocycles. The van der Waals surface area contributed by atoms with Crippen molar-refractivity contribution in [1.29, 1.82) is 0 Å². The molecule has 0 bridgehead atoms. The molecule has 5 heteroatoms. The van der Waals surface area contributed by atoms with Gasteiger partial charge in [-0.15, -0.1) is 11.3 Å². The Labute approximate surface area is 130 Å². The summed E-state index contributed by atoms with van der Waals surface area (Å²) in [5.74, 6) is 1.54. The third kappa shape index (κ3) is 5.02. The summed E-state index contributed by atoms with van der Waals surface area (Å²) >= 11 is 1.74. The first-order valence-electron chi connectivity index (χ1n) is 7.23. The van der Waals surface area contributed by atoms with Crippen LogP contribution < -0.4 is 14.8 Å². The van der Waals surface area contributed by atoms with Gasteiger partial charge in [0.25, 0.3) is 0 Å². The van der Waals surface area contributed by atoms with Gasteiger partial charge in [-0.05, 0) is 25.1 Å². The third-order valence-corrected chi connectivity index (χ3v) is 4.03. The molecule has 0 fully saturated rings. The molecule has 0 radical (unpaired) electrons. The molecule has 1 aromatic heterocycles. The number of thiazole rings is 1. The Kier molecular flexibility index (Phi) is 6.50. The van der Waals surface area contributed by atoms with Crippen LogP contribution in [0.25, 0.3) is 0 Å². The molecule has 0 atom stereocenters. The minimum atomic E-state index is 0.607. The van der Waals surface area contributed by atoms with Crippen molar-refractivity contribution in [2.45, 2.75) is 26.3 Å². The van der Waals surface area contributed by atoms with Gasteiger partial charge >= 0.3 is 0 Å².